The van der Waals surface area contributed by atoms with Crippen LogP contribution in [-0.2, 0) is 11.3 Å². The van der Waals surface area contributed by atoms with Crippen LogP contribution in [0.2, 0.25) is 0 Å². The molecule has 0 aliphatic carbocycles. The number of para-hydroxylation sites is 1. The Bertz CT molecular complexity index is 669. The van der Waals surface area contributed by atoms with Gasteiger partial charge in [-0.05, 0) is 17.7 Å². The molecule has 0 atom stereocenters. The van der Waals surface area contributed by atoms with Crippen molar-refractivity contribution in [3.63, 3.8) is 0 Å². The van der Waals surface area contributed by atoms with Gasteiger partial charge in [0.25, 0.3) is 5.69 Å². The molecule has 21 heavy (non-hydrogen) atoms. The number of esters is 1. The van der Waals surface area contributed by atoms with Crippen LogP contribution in [0.4, 0.5) is 5.69 Å². The zero-order chi connectivity index (χ0) is 15.2. The Labute approximate surface area is 121 Å². The number of hydrogen-bond acceptors (Lipinski definition) is 5. The predicted octanol–water partition coefficient (Wildman–Crippen LogP) is 2.96. The van der Waals surface area contributed by atoms with Gasteiger partial charge in [0, 0.05) is 12.1 Å². The van der Waals surface area contributed by atoms with E-state index in [-0.39, 0.29) is 12.3 Å². The largest absolute Gasteiger partial charge is 0.496 e. The quantitative estimate of drug-likeness (QED) is 0.480. The third-order valence-electron chi connectivity index (χ3n) is 2.82. The summed E-state index contributed by atoms with van der Waals surface area (Å²) in [5.41, 5.74) is 0.818. The summed E-state index contributed by atoms with van der Waals surface area (Å²) in [6.45, 7) is -0.0431. The van der Waals surface area contributed by atoms with Gasteiger partial charge in [-0.1, -0.05) is 24.3 Å². The van der Waals surface area contributed by atoms with Crippen molar-refractivity contribution in [2.45, 2.75) is 6.61 Å². The van der Waals surface area contributed by atoms with Crippen LogP contribution in [-0.4, -0.2) is 18.0 Å². The predicted molar refractivity (Wildman–Crippen MR) is 75.2 cm³/mol. The standard InChI is InChI=1S/C15H13NO5/c1-20-14-8-3-2-7-13(14)15(17)21-10-11-5-4-6-12(9-11)16(18)19/h2-9H,10H2,1H3. The van der Waals surface area contributed by atoms with E-state index in [0.29, 0.717) is 16.9 Å². The SMILES string of the molecule is COc1ccccc1C(=O)OCc1cccc([N+](=O)[O-])c1. The first-order valence-electron chi connectivity index (χ1n) is 6.15. The lowest BCUT2D eigenvalue weighted by atomic mass is 10.2. The number of non-ortho nitro benzene ring substituents is 1. The van der Waals surface area contributed by atoms with Crippen molar-refractivity contribution in [2.24, 2.45) is 0 Å². The molecular weight excluding hydrogens is 274 g/mol. The molecule has 0 bridgehead atoms. The Morgan fingerprint density at radius 2 is 1.95 bits per heavy atom. The number of carbonyl (C=O) groups is 1. The molecule has 0 saturated heterocycles. The monoisotopic (exact) mass is 287 g/mol. The van der Waals surface area contributed by atoms with E-state index in [0.717, 1.165) is 0 Å². The summed E-state index contributed by atoms with van der Waals surface area (Å²) in [5, 5.41) is 10.7. The third kappa shape index (κ3) is 3.56. The number of benzene rings is 2. The fourth-order valence-corrected chi connectivity index (χ4v) is 1.80. The topological polar surface area (TPSA) is 78.7 Å². The van der Waals surface area contributed by atoms with Crippen LogP contribution in [0.1, 0.15) is 15.9 Å². The van der Waals surface area contributed by atoms with Crippen LogP contribution in [0.5, 0.6) is 5.75 Å². The maximum Gasteiger partial charge on any atom is 0.342 e. The molecule has 0 amide bonds. The minimum absolute atomic E-state index is 0.0409. The number of ether oxygens (including phenoxy) is 2. The van der Waals surface area contributed by atoms with Gasteiger partial charge in [0.05, 0.1) is 12.0 Å². The molecule has 0 aromatic heterocycles. The number of nitrogens with zero attached hydrogens (tertiary/aromatic N) is 1. The van der Waals surface area contributed by atoms with Crippen LogP contribution >= 0.6 is 0 Å². The van der Waals surface area contributed by atoms with Crippen molar-refractivity contribution in [1.82, 2.24) is 0 Å². The van der Waals surface area contributed by atoms with Crippen molar-refractivity contribution >= 4 is 11.7 Å². The van der Waals surface area contributed by atoms with E-state index in [1.807, 2.05) is 0 Å². The Hall–Kier alpha value is -2.89. The minimum Gasteiger partial charge on any atom is -0.496 e. The maximum absolute atomic E-state index is 12.0. The molecule has 0 heterocycles. The van der Waals surface area contributed by atoms with E-state index in [9.17, 15) is 14.9 Å². The Balaban J connectivity index is 2.07. The molecule has 0 aliphatic heterocycles. The molecule has 2 aromatic carbocycles. The summed E-state index contributed by atoms with van der Waals surface area (Å²) in [6.07, 6.45) is 0. The summed E-state index contributed by atoms with van der Waals surface area (Å²) in [4.78, 5) is 22.2. The van der Waals surface area contributed by atoms with Gasteiger partial charge in [-0.3, -0.25) is 10.1 Å². The molecule has 6 heteroatoms. The Kier molecular flexibility index (Phi) is 4.50. The van der Waals surface area contributed by atoms with Crippen LogP contribution < -0.4 is 4.74 Å². The second-order valence-corrected chi connectivity index (χ2v) is 4.20. The van der Waals surface area contributed by atoms with E-state index >= 15 is 0 Å². The molecule has 0 spiro atoms. The number of hydrogen-bond donors (Lipinski definition) is 0. The lowest BCUT2D eigenvalue weighted by Crippen LogP contribution is -2.07. The summed E-state index contributed by atoms with van der Waals surface area (Å²) < 4.78 is 10.2. The van der Waals surface area contributed by atoms with E-state index in [4.69, 9.17) is 9.47 Å². The first-order chi connectivity index (χ1) is 10.1. The van der Waals surface area contributed by atoms with Crippen molar-refractivity contribution in [1.29, 1.82) is 0 Å². The van der Waals surface area contributed by atoms with Gasteiger partial charge in [0.1, 0.15) is 17.9 Å². The van der Waals surface area contributed by atoms with Crippen LogP contribution in [0.25, 0.3) is 0 Å². The molecule has 6 nitrogen and oxygen atoms in total. The van der Waals surface area contributed by atoms with Gasteiger partial charge in [0.15, 0.2) is 0 Å². The molecule has 2 rings (SSSR count). The highest BCUT2D eigenvalue weighted by Gasteiger charge is 2.13. The minimum atomic E-state index is -0.543. The maximum atomic E-state index is 12.0. The smallest absolute Gasteiger partial charge is 0.342 e. The zero-order valence-corrected chi connectivity index (χ0v) is 11.3. The van der Waals surface area contributed by atoms with Crippen LogP contribution in [0.3, 0.4) is 0 Å². The molecule has 0 aliphatic rings. The number of methoxy groups -OCH3 is 1. The molecule has 2 aromatic rings. The van der Waals surface area contributed by atoms with Crippen LogP contribution in [0, 0.1) is 10.1 Å². The van der Waals surface area contributed by atoms with E-state index < -0.39 is 10.9 Å². The summed E-state index contributed by atoms with van der Waals surface area (Å²) in [7, 11) is 1.46. The van der Waals surface area contributed by atoms with Gasteiger partial charge in [-0.15, -0.1) is 0 Å². The average Bonchev–Trinajstić information content (AvgIpc) is 2.52. The van der Waals surface area contributed by atoms with Gasteiger partial charge in [-0.2, -0.15) is 0 Å². The average molecular weight is 287 g/mol. The highest BCUT2D eigenvalue weighted by atomic mass is 16.6. The van der Waals surface area contributed by atoms with Gasteiger partial charge < -0.3 is 9.47 Å². The van der Waals surface area contributed by atoms with Gasteiger partial charge in [0.2, 0.25) is 0 Å². The first kappa shape index (κ1) is 14.5. The van der Waals surface area contributed by atoms with Crippen molar-refractivity contribution < 1.29 is 19.2 Å². The summed E-state index contributed by atoms with van der Waals surface area (Å²) in [6, 6.07) is 12.6. The summed E-state index contributed by atoms with van der Waals surface area (Å²) in [5.74, 6) is -0.125. The highest BCUT2D eigenvalue weighted by molar-refractivity contribution is 5.92. The zero-order valence-electron chi connectivity index (χ0n) is 11.3. The van der Waals surface area contributed by atoms with Crippen LogP contribution in [0.15, 0.2) is 48.5 Å². The third-order valence-corrected chi connectivity index (χ3v) is 2.82. The molecule has 108 valence electrons. The van der Waals surface area contributed by atoms with E-state index in [2.05, 4.69) is 0 Å². The summed E-state index contributed by atoms with van der Waals surface area (Å²) >= 11 is 0. The second-order valence-electron chi connectivity index (χ2n) is 4.20. The fraction of sp³-hybridized carbons (Fsp3) is 0.133. The van der Waals surface area contributed by atoms with Crippen molar-refractivity contribution in [2.75, 3.05) is 7.11 Å². The fourth-order valence-electron chi connectivity index (χ4n) is 1.80. The molecule has 0 fully saturated rings. The normalized spacial score (nSPS) is 9.95. The number of nitro benzene ring substituents is 1. The number of rotatable bonds is 5. The molecule has 0 N–H and O–H groups in total. The van der Waals surface area contributed by atoms with Crippen molar-refractivity contribution in [3.05, 3.63) is 69.8 Å². The van der Waals surface area contributed by atoms with E-state index in [1.54, 1.807) is 36.4 Å². The Morgan fingerprint density at radius 3 is 2.67 bits per heavy atom. The Morgan fingerprint density at radius 1 is 1.19 bits per heavy atom. The highest BCUT2D eigenvalue weighted by Crippen LogP contribution is 2.19. The lowest BCUT2D eigenvalue weighted by Gasteiger charge is -2.08. The van der Waals surface area contributed by atoms with E-state index in [1.165, 1.54) is 19.2 Å². The number of carbonyl (C=O) groups excluding carboxylic acids is 1. The molecule has 0 radical (unpaired) electrons. The lowest BCUT2D eigenvalue weighted by molar-refractivity contribution is -0.384. The first-order valence-corrected chi connectivity index (χ1v) is 6.15. The van der Waals surface area contributed by atoms with Gasteiger partial charge >= 0.3 is 5.97 Å². The van der Waals surface area contributed by atoms with Crippen molar-refractivity contribution in [3.8, 4) is 5.75 Å². The molecule has 0 saturated carbocycles. The molecular formula is C15H13NO5. The van der Waals surface area contributed by atoms with Gasteiger partial charge in [-0.25, -0.2) is 4.79 Å². The number of nitro groups is 1. The second kappa shape index (κ2) is 6.51. The molecule has 0 unspecified atom stereocenters.